The summed E-state index contributed by atoms with van der Waals surface area (Å²) in [6, 6.07) is 1.55. The molecular formula is C12H25N3. The van der Waals surface area contributed by atoms with Crippen molar-refractivity contribution in [2.45, 2.75) is 37.8 Å². The number of rotatable bonds is 3. The van der Waals surface area contributed by atoms with Gasteiger partial charge in [-0.2, -0.15) is 0 Å². The van der Waals surface area contributed by atoms with Gasteiger partial charge in [0.25, 0.3) is 0 Å². The standard InChI is InChI=1S/C12H25N3/c1-13-11-6-8-15(9-11)10-12-5-3-4-7-14(12)2/h11-13H,3-10H2,1-2H3. The Morgan fingerprint density at radius 2 is 2.07 bits per heavy atom. The molecule has 3 nitrogen and oxygen atoms in total. The van der Waals surface area contributed by atoms with Crippen molar-refractivity contribution in [1.82, 2.24) is 15.1 Å². The van der Waals surface area contributed by atoms with E-state index in [2.05, 4.69) is 29.2 Å². The second-order valence-electron chi connectivity index (χ2n) is 5.16. The zero-order valence-corrected chi connectivity index (χ0v) is 10.2. The van der Waals surface area contributed by atoms with Crippen molar-refractivity contribution in [2.24, 2.45) is 0 Å². The largest absolute Gasteiger partial charge is 0.316 e. The maximum atomic E-state index is 3.39. The predicted octanol–water partition coefficient (Wildman–Crippen LogP) is 0.764. The number of likely N-dealkylation sites (tertiary alicyclic amines) is 2. The molecule has 0 aromatic rings. The molecule has 2 aliphatic rings. The minimum atomic E-state index is 0.735. The third-order valence-corrected chi connectivity index (χ3v) is 4.07. The first-order valence-electron chi connectivity index (χ1n) is 6.39. The molecule has 2 atom stereocenters. The summed E-state index contributed by atoms with van der Waals surface area (Å²) in [7, 11) is 4.37. The first kappa shape index (κ1) is 11.4. The van der Waals surface area contributed by atoms with Gasteiger partial charge in [0, 0.05) is 25.2 Å². The second-order valence-corrected chi connectivity index (χ2v) is 5.16. The molecule has 3 heteroatoms. The lowest BCUT2D eigenvalue weighted by atomic mass is 10.0. The number of hydrogen-bond acceptors (Lipinski definition) is 3. The molecule has 88 valence electrons. The average molecular weight is 211 g/mol. The third kappa shape index (κ3) is 2.92. The van der Waals surface area contributed by atoms with Gasteiger partial charge >= 0.3 is 0 Å². The van der Waals surface area contributed by atoms with Crippen molar-refractivity contribution in [3.63, 3.8) is 0 Å². The van der Waals surface area contributed by atoms with Crippen LogP contribution in [0.1, 0.15) is 25.7 Å². The fraction of sp³-hybridized carbons (Fsp3) is 1.00. The van der Waals surface area contributed by atoms with E-state index in [1.165, 1.54) is 51.9 Å². The van der Waals surface area contributed by atoms with Crippen molar-refractivity contribution < 1.29 is 0 Å². The van der Waals surface area contributed by atoms with Gasteiger partial charge in [-0.05, 0) is 46.4 Å². The number of nitrogens with zero attached hydrogens (tertiary/aromatic N) is 2. The number of hydrogen-bond donors (Lipinski definition) is 1. The van der Waals surface area contributed by atoms with Crippen molar-refractivity contribution in [3.05, 3.63) is 0 Å². The maximum absolute atomic E-state index is 3.39. The molecule has 0 radical (unpaired) electrons. The van der Waals surface area contributed by atoms with Crippen molar-refractivity contribution >= 4 is 0 Å². The normalized spacial score (nSPS) is 34.8. The molecule has 2 saturated heterocycles. The summed E-state index contributed by atoms with van der Waals surface area (Å²) in [5.41, 5.74) is 0. The predicted molar refractivity (Wildman–Crippen MR) is 64.2 cm³/mol. The van der Waals surface area contributed by atoms with E-state index in [9.17, 15) is 0 Å². The molecule has 2 rings (SSSR count). The minimum absolute atomic E-state index is 0.735. The topological polar surface area (TPSA) is 18.5 Å². The van der Waals surface area contributed by atoms with Crippen LogP contribution in [0.4, 0.5) is 0 Å². The van der Waals surface area contributed by atoms with Crippen molar-refractivity contribution in [3.8, 4) is 0 Å². The van der Waals surface area contributed by atoms with Crippen LogP contribution in [0.5, 0.6) is 0 Å². The van der Waals surface area contributed by atoms with E-state index in [0.717, 1.165) is 12.1 Å². The van der Waals surface area contributed by atoms with Gasteiger partial charge in [-0.25, -0.2) is 0 Å². The molecule has 1 N–H and O–H groups in total. The second kappa shape index (κ2) is 5.28. The number of nitrogens with one attached hydrogen (secondary N) is 1. The fourth-order valence-corrected chi connectivity index (χ4v) is 2.91. The van der Waals surface area contributed by atoms with E-state index < -0.39 is 0 Å². The molecule has 0 aliphatic carbocycles. The molecule has 2 heterocycles. The van der Waals surface area contributed by atoms with Gasteiger partial charge in [0.2, 0.25) is 0 Å². The highest BCUT2D eigenvalue weighted by Gasteiger charge is 2.26. The van der Waals surface area contributed by atoms with Gasteiger partial charge in [-0.15, -0.1) is 0 Å². The highest BCUT2D eigenvalue weighted by molar-refractivity contribution is 4.84. The molecule has 15 heavy (non-hydrogen) atoms. The third-order valence-electron chi connectivity index (χ3n) is 4.07. The van der Waals surface area contributed by atoms with Crippen LogP contribution in [0, 0.1) is 0 Å². The summed E-state index contributed by atoms with van der Waals surface area (Å²) in [4.78, 5) is 5.18. The monoisotopic (exact) mass is 211 g/mol. The Morgan fingerprint density at radius 3 is 2.73 bits per heavy atom. The van der Waals surface area contributed by atoms with E-state index in [1.54, 1.807) is 0 Å². The highest BCUT2D eigenvalue weighted by Crippen LogP contribution is 2.18. The average Bonchev–Trinajstić information content (AvgIpc) is 2.69. The molecule has 0 spiro atoms. The Kier molecular flexibility index (Phi) is 4.00. The SMILES string of the molecule is CNC1CCN(CC2CCCCN2C)C1. The zero-order chi connectivity index (χ0) is 10.7. The lowest BCUT2D eigenvalue weighted by molar-refractivity contribution is 0.139. The zero-order valence-electron chi connectivity index (χ0n) is 10.2. The van der Waals surface area contributed by atoms with Crippen LogP contribution in [-0.4, -0.2) is 62.2 Å². The Morgan fingerprint density at radius 1 is 1.20 bits per heavy atom. The maximum Gasteiger partial charge on any atom is 0.0220 e. The lowest BCUT2D eigenvalue weighted by Crippen LogP contribution is -2.44. The van der Waals surface area contributed by atoms with Gasteiger partial charge in [0.05, 0.1) is 0 Å². The molecule has 0 aromatic carbocycles. The first-order valence-corrected chi connectivity index (χ1v) is 6.39. The summed E-state index contributed by atoms with van der Waals surface area (Å²) in [5.74, 6) is 0. The van der Waals surface area contributed by atoms with Gasteiger partial charge < -0.3 is 15.1 Å². The number of piperidine rings is 1. The fourth-order valence-electron chi connectivity index (χ4n) is 2.91. The van der Waals surface area contributed by atoms with Gasteiger partial charge in [-0.1, -0.05) is 6.42 Å². The van der Waals surface area contributed by atoms with Crippen LogP contribution in [0.25, 0.3) is 0 Å². The lowest BCUT2D eigenvalue weighted by Gasteiger charge is -2.35. The molecule has 2 fully saturated rings. The molecule has 2 unspecified atom stereocenters. The van der Waals surface area contributed by atoms with Gasteiger partial charge in [0.1, 0.15) is 0 Å². The smallest absolute Gasteiger partial charge is 0.0220 e. The minimum Gasteiger partial charge on any atom is -0.316 e. The summed E-state index contributed by atoms with van der Waals surface area (Å²) in [6.45, 7) is 5.12. The first-order chi connectivity index (χ1) is 7.29. The molecule has 0 amide bonds. The Balaban J connectivity index is 1.76. The molecule has 0 aromatic heterocycles. The van der Waals surface area contributed by atoms with Crippen molar-refractivity contribution in [2.75, 3.05) is 40.3 Å². The van der Waals surface area contributed by atoms with Crippen molar-refractivity contribution in [1.29, 1.82) is 0 Å². The van der Waals surface area contributed by atoms with E-state index in [1.807, 2.05) is 0 Å². The summed E-state index contributed by atoms with van der Waals surface area (Å²) in [6.07, 6.45) is 5.55. The van der Waals surface area contributed by atoms with Gasteiger partial charge in [0.15, 0.2) is 0 Å². The highest BCUT2D eigenvalue weighted by atomic mass is 15.2. The molecular weight excluding hydrogens is 186 g/mol. The van der Waals surface area contributed by atoms with Crippen LogP contribution in [0.15, 0.2) is 0 Å². The van der Waals surface area contributed by atoms with E-state index in [-0.39, 0.29) is 0 Å². The van der Waals surface area contributed by atoms with Crippen LogP contribution in [0.2, 0.25) is 0 Å². The Hall–Kier alpha value is -0.120. The van der Waals surface area contributed by atoms with Crippen LogP contribution < -0.4 is 5.32 Å². The molecule has 2 aliphatic heterocycles. The summed E-state index contributed by atoms with van der Waals surface area (Å²) in [5, 5.41) is 3.39. The van der Waals surface area contributed by atoms with Crippen LogP contribution >= 0.6 is 0 Å². The van der Waals surface area contributed by atoms with E-state index >= 15 is 0 Å². The quantitative estimate of drug-likeness (QED) is 0.744. The summed E-state index contributed by atoms with van der Waals surface area (Å²) < 4.78 is 0. The number of likely N-dealkylation sites (N-methyl/N-ethyl adjacent to an activating group) is 2. The van der Waals surface area contributed by atoms with Gasteiger partial charge in [-0.3, -0.25) is 0 Å². The summed E-state index contributed by atoms with van der Waals surface area (Å²) >= 11 is 0. The van der Waals surface area contributed by atoms with E-state index in [0.29, 0.717) is 0 Å². The molecule has 0 saturated carbocycles. The van der Waals surface area contributed by atoms with E-state index in [4.69, 9.17) is 0 Å². The van der Waals surface area contributed by atoms with Crippen LogP contribution in [0.3, 0.4) is 0 Å². The Bertz CT molecular complexity index is 195. The Labute approximate surface area is 93.8 Å². The molecule has 0 bridgehead atoms. The van der Waals surface area contributed by atoms with Crippen LogP contribution in [-0.2, 0) is 0 Å².